The second-order valence-electron chi connectivity index (χ2n) is 4.59. The van der Waals surface area contributed by atoms with Crippen molar-refractivity contribution in [1.29, 1.82) is 0 Å². The predicted molar refractivity (Wildman–Crippen MR) is 73.9 cm³/mol. The number of hydrogen-bond donors (Lipinski definition) is 2. The lowest BCUT2D eigenvalue weighted by Crippen LogP contribution is -2.42. The van der Waals surface area contributed by atoms with E-state index in [1.165, 1.54) is 5.56 Å². The summed E-state index contributed by atoms with van der Waals surface area (Å²) in [6.45, 7) is 5.98. The average molecular weight is 249 g/mol. The maximum Gasteiger partial charge on any atom is 0.179 e. The third kappa shape index (κ3) is 3.93. The van der Waals surface area contributed by atoms with Crippen LogP contribution < -0.4 is 5.32 Å². The van der Waals surface area contributed by atoms with Crippen LogP contribution in [0, 0.1) is 0 Å². The van der Waals surface area contributed by atoms with Gasteiger partial charge in [-0.3, -0.25) is 4.79 Å². The van der Waals surface area contributed by atoms with Gasteiger partial charge >= 0.3 is 0 Å². The summed E-state index contributed by atoms with van der Waals surface area (Å²) >= 11 is 0. The van der Waals surface area contributed by atoms with Crippen molar-refractivity contribution < 1.29 is 9.90 Å². The van der Waals surface area contributed by atoms with E-state index in [-0.39, 0.29) is 24.5 Å². The Bertz CT molecular complexity index is 369. The molecule has 0 aromatic heterocycles. The second-order valence-corrected chi connectivity index (χ2v) is 4.59. The number of nitrogens with one attached hydrogen (secondary N) is 1. The Morgan fingerprint density at radius 3 is 2.33 bits per heavy atom. The molecule has 0 fully saturated rings. The SMILES string of the molecule is CCc1ccc(C(=O)C(C)NC(CC)CO)cc1. The van der Waals surface area contributed by atoms with E-state index in [0.29, 0.717) is 0 Å². The molecular formula is C15H23NO2. The first kappa shape index (κ1) is 14.9. The zero-order valence-electron chi connectivity index (χ0n) is 11.4. The zero-order chi connectivity index (χ0) is 13.5. The van der Waals surface area contributed by atoms with E-state index < -0.39 is 0 Å². The van der Waals surface area contributed by atoms with Crippen LogP contribution in [0.4, 0.5) is 0 Å². The van der Waals surface area contributed by atoms with Gasteiger partial charge in [-0.25, -0.2) is 0 Å². The quantitative estimate of drug-likeness (QED) is 0.728. The van der Waals surface area contributed by atoms with Gasteiger partial charge in [0.25, 0.3) is 0 Å². The van der Waals surface area contributed by atoms with Crippen molar-refractivity contribution in [1.82, 2.24) is 5.32 Å². The van der Waals surface area contributed by atoms with Crippen LogP contribution >= 0.6 is 0 Å². The Labute approximate surface area is 109 Å². The maximum atomic E-state index is 12.2. The number of benzene rings is 1. The molecule has 0 aliphatic heterocycles. The first-order valence-corrected chi connectivity index (χ1v) is 6.62. The number of aliphatic hydroxyl groups excluding tert-OH is 1. The van der Waals surface area contributed by atoms with Crippen LogP contribution in [-0.4, -0.2) is 29.6 Å². The molecule has 0 heterocycles. The smallest absolute Gasteiger partial charge is 0.179 e. The van der Waals surface area contributed by atoms with Crippen molar-refractivity contribution in [3.8, 4) is 0 Å². The van der Waals surface area contributed by atoms with Crippen LogP contribution in [0.25, 0.3) is 0 Å². The van der Waals surface area contributed by atoms with Crippen molar-refractivity contribution in [2.75, 3.05) is 6.61 Å². The Balaban J connectivity index is 2.67. The summed E-state index contributed by atoms with van der Waals surface area (Å²) in [7, 11) is 0. The minimum Gasteiger partial charge on any atom is -0.395 e. The molecule has 1 aromatic carbocycles. The third-order valence-corrected chi connectivity index (χ3v) is 3.24. The molecule has 1 rings (SSSR count). The van der Waals surface area contributed by atoms with E-state index in [1.807, 2.05) is 38.1 Å². The van der Waals surface area contributed by atoms with Crippen molar-refractivity contribution in [3.63, 3.8) is 0 Å². The standard InChI is InChI=1S/C15H23NO2/c1-4-12-6-8-13(9-7-12)15(18)11(3)16-14(5-2)10-17/h6-9,11,14,16-17H,4-5,10H2,1-3H3. The fourth-order valence-electron chi connectivity index (χ4n) is 1.88. The molecule has 0 radical (unpaired) electrons. The van der Waals surface area contributed by atoms with Crippen LogP contribution in [0.15, 0.2) is 24.3 Å². The van der Waals surface area contributed by atoms with Gasteiger partial charge in [0, 0.05) is 11.6 Å². The predicted octanol–water partition coefficient (Wildman–Crippen LogP) is 2.18. The van der Waals surface area contributed by atoms with Gasteiger partial charge in [0.15, 0.2) is 5.78 Å². The summed E-state index contributed by atoms with van der Waals surface area (Å²) in [4.78, 5) is 12.2. The van der Waals surface area contributed by atoms with Crippen molar-refractivity contribution in [2.24, 2.45) is 0 Å². The second kappa shape index (κ2) is 7.29. The number of hydrogen-bond acceptors (Lipinski definition) is 3. The number of ketones is 1. The maximum absolute atomic E-state index is 12.2. The molecule has 0 bridgehead atoms. The molecule has 100 valence electrons. The van der Waals surface area contributed by atoms with Crippen molar-refractivity contribution in [3.05, 3.63) is 35.4 Å². The summed E-state index contributed by atoms with van der Waals surface area (Å²) in [5.74, 6) is 0.0737. The number of rotatable bonds is 7. The van der Waals surface area contributed by atoms with Crippen LogP contribution in [0.1, 0.15) is 43.1 Å². The Kier molecular flexibility index (Phi) is 6.02. The molecule has 2 unspecified atom stereocenters. The van der Waals surface area contributed by atoms with Crippen molar-refractivity contribution in [2.45, 2.75) is 45.7 Å². The Hall–Kier alpha value is -1.19. The fourth-order valence-corrected chi connectivity index (χ4v) is 1.88. The number of Topliss-reactive ketones (excluding diaryl/α,β-unsaturated/α-hetero) is 1. The van der Waals surface area contributed by atoms with Gasteiger partial charge in [0.1, 0.15) is 0 Å². The normalized spacial score (nSPS) is 14.2. The van der Waals surface area contributed by atoms with E-state index in [1.54, 1.807) is 0 Å². The van der Waals surface area contributed by atoms with Gasteiger partial charge in [0.2, 0.25) is 0 Å². The molecule has 3 heteroatoms. The largest absolute Gasteiger partial charge is 0.395 e. The molecule has 0 aliphatic rings. The molecular weight excluding hydrogens is 226 g/mol. The highest BCUT2D eigenvalue weighted by molar-refractivity contribution is 5.99. The summed E-state index contributed by atoms with van der Waals surface area (Å²) in [5.41, 5.74) is 1.95. The fraction of sp³-hybridized carbons (Fsp3) is 0.533. The van der Waals surface area contributed by atoms with E-state index in [9.17, 15) is 4.79 Å². The highest BCUT2D eigenvalue weighted by Gasteiger charge is 2.17. The topological polar surface area (TPSA) is 49.3 Å². The number of carbonyl (C=O) groups is 1. The third-order valence-electron chi connectivity index (χ3n) is 3.24. The number of aliphatic hydroxyl groups is 1. The number of aryl methyl sites for hydroxylation is 1. The van der Waals surface area contributed by atoms with Crippen molar-refractivity contribution >= 4 is 5.78 Å². The summed E-state index contributed by atoms with van der Waals surface area (Å²) in [5, 5.41) is 12.3. The van der Waals surface area contributed by atoms with Crippen LogP contribution in [0.3, 0.4) is 0 Å². The number of carbonyl (C=O) groups excluding carboxylic acids is 1. The van der Waals surface area contributed by atoms with Crippen LogP contribution in [0.2, 0.25) is 0 Å². The Morgan fingerprint density at radius 1 is 1.28 bits per heavy atom. The lowest BCUT2D eigenvalue weighted by molar-refractivity contribution is 0.0936. The first-order chi connectivity index (χ1) is 8.62. The van der Waals surface area contributed by atoms with E-state index in [2.05, 4.69) is 12.2 Å². The molecule has 0 aliphatic carbocycles. The minimum absolute atomic E-state index is 0.0149. The summed E-state index contributed by atoms with van der Waals surface area (Å²) in [6, 6.07) is 7.44. The highest BCUT2D eigenvalue weighted by Crippen LogP contribution is 2.08. The van der Waals surface area contributed by atoms with Gasteiger partial charge in [-0.05, 0) is 25.3 Å². The molecule has 0 saturated carbocycles. The van der Waals surface area contributed by atoms with E-state index >= 15 is 0 Å². The lowest BCUT2D eigenvalue weighted by atomic mass is 10.0. The highest BCUT2D eigenvalue weighted by atomic mass is 16.3. The van der Waals surface area contributed by atoms with Crippen LogP contribution in [-0.2, 0) is 6.42 Å². The molecule has 0 amide bonds. The molecule has 0 saturated heterocycles. The van der Waals surface area contributed by atoms with Gasteiger partial charge in [-0.1, -0.05) is 38.1 Å². The van der Waals surface area contributed by atoms with Crippen LogP contribution in [0.5, 0.6) is 0 Å². The average Bonchev–Trinajstić information content (AvgIpc) is 2.43. The van der Waals surface area contributed by atoms with E-state index in [0.717, 1.165) is 18.4 Å². The molecule has 0 spiro atoms. The molecule has 2 N–H and O–H groups in total. The summed E-state index contributed by atoms with van der Waals surface area (Å²) < 4.78 is 0. The lowest BCUT2D eigenvalue weighted by Gasteiger charge is -2.19. The first-order valence-electron chi connectivity index (χ1n) is 6.62. The monoisotopic (exact) mass is 249 g/mol. The Morgan fingerprint density at radius 2 is 1.89 bits per heavy atom. The van der Waals surface area contributed by atoms with Gasteiger partial charge in [-0.2, -0.15) is 0 Å². The van der Waals surface area contributed by atoms with Gasteiger partial charge in [-0.15, -0.1) is 0 Å². The zero-order valence-corrected chi connectivity index (χ0v) is 11.4. The molecule has 2 atom stereocenters. The van der Waals surface area contributed by atoms with Gasteiger partial charge < -0.3 is 10.4 Å². The molecule has 1 aromatic rings. The minimum atomic E-state index is -0.269. The van der Waals surface area contributed by atoms with E-state index in [4.69, 9.17) is 5.11 Å². The van der Waals surface area contributed by atoms with Gasteiger partial charge in [0.05, 0.1) is 12.6 Å². The molecule has 3 nitrogen and oxygen atoms in total. The molecule has 18 heavy (non-hydrogen) atoms. The summed E-state index contributed by atoms with van der Waals surface area (Å²) in [6.07, 6.45) is 1.79.